The molecule has 2 aliphatic rings. The monoisotopic (exact) mass is 242 g/mol. The zero-order valence-electron chi connectivity index (χ0n) is 10.3. The molecule has 5 heteroatoms. The van der Waals surface area contributed by atoms with Crippen LogP contribution in [0.15, 0.2) is 0 Å². The lowest BCUT2D eigenvalue weighted by Gasteiger charge is -2.33. The summed E-state index contributed by atoms with van der Waals surface area (Å²) in [6, 6.07) is -0.385. The van der Waals surface area contributed by atoms with Crippen LogP contribution in [0, 0.1) is 5.41 Å². The van der Waals surface area contributed by atoms with Crippen LogP contribution in [0.4, 0.5) is 0 Å². The molecule has 1 saturated carbocycles. The standard InChI is InChI=1S/C12H22N2O3/c1-12(7-17-6-10(12)13)11(16)14-8-4-2-3-5-9(8)15/h8-10,15H,2-7,13H2,1H3,(H,14,16)/t8-,9-,10?,12?/m0/s1. The second-order valence-electron chi connectivity index (χ2n) is 5.47. The summed E-state index contributed by atoms with van der Waals surface area (Å²) in [5.41, 5.74) is 5.25. The lowest BCUT2D eigenvalue weighted by atomic mass is 9.83. The van der Waals surface area contributed by atoms with E-state index < -0.39 is 11.5 Å². The Kier molecular flexibility index (Phi) is 3.70. The third-order valence-electron chi connectivity index (χ3n) is 4.08. The first-order valence-electron chi connectivity index (χ1n) is 6.36. The molecule has 98 valence electrons. The molecule has 0 radical (unpaired) electrons. The number of aliphatic hydroxyl groups excluding tert-OH is 1. The van der Waals surface area contributed by atoms with E-state index in [4.69, 9.17) is 10.5 Å². The number of carbonyl (C=O) groups excluding carboxylic acids is 1. The Bertz CT molecular complexity index is 297. The summed E-state index contributed by atoms with van der Waals surface area (Å²) < 4.78 is 5.26. The first-order valence-corrected chi connectivity index (χ1v) is 6.36. The predicted molar refractivity (Wildman–Crippen MR) is 63.3 cm³/mol. The van der Waals surface area contributed by atoms with Gasteiger partial charge in [-0.25, -0.2) is 0 Å². The van der Waals surface area contributed by atoms with Crippen molar-refractivity contribution in [3.8, 4) is 0 Å². The Hall–Kier alpha value is -0.650. The van der Waals surface area contributed by atoms with E-state index in [0.717, 1.165) is 25.7 Å². The van der Waals surface area contributed by atoms with Gasteiger partial charge in [0.05, 0.1) is 30.8 Å². The Morgan fingerprint density at radius 2 is 2.18 bits per heavy atom. The summed E-state index contributed by atoms with van der Waals surface area (Å²) in [6.45, 7) is 2.62. The SMILES string of the molecule is CC1(C(=O)N[C@H]2CCCC[C@@H]2O)COCC1N. The van der Waals surface area contributed by atoms with Crippen LogP contribution in [0.1, 0.15) is 32.6 Å². The Balaban J connectivity index is 1.96. The van der Waals surface area contributed by atoms with Crippen LogP contribution in [-0.4, -0.2) is 42.4 Å². The Morgan fingerprint density at radius 3 is 2.76 bits per heavy atom. The number of aliphatic hydroxyl groups is 1. The molecule has 1 heterocycles. The number of nitrogens with two attached hydrogens (primary N) is 1. The molecular formula is C12H22N2O3. The lowest BCUT2D eigenvalue weighted by molar-refractivity contribution is -0.132. The fraction of sp³-hybridized carbons (Fsp3) is 0.917. The van der Waals surface area contributed by atoms with Crippen molar-refractivity contribution < 1.29 is 14.6 Å². The van der Waals surface area contributed by atoms with Gasteiger partial charge in [-0.1, -0.05) is 12.8 Å². The van der Waals surface area contributed by atoms with Gasteiger partial charge in [-0.3, -0.25) is 4.79 Å². The number of nitrogens with one attached hydrogen (secondary N) is 1. The molecule has 1 amide bonds. The second kappa shape index (κ2) is 4.92. The molecule has 4 N–H and O–H groups in total. The van der Waals surface area contributed by atoms with Crippen molar-refractivity contribution in [1.82, 2.24) is 5.32 Å². The van der Waals surface area contributed by atoms with Crippen LogP contribution in [0.5, 0.6) is 0 Å². The van der Waals surface area contributed by atoms with E-state index >= 15 is 0 Å². The number of rotatable bonds is 2. The van der Waals surface area contributed by atoms with Crippen molar-refractivity contribution in [1.29, 1.82) is 0 Å². The molecule has 0 bridgehead atoms. The quantitative estimate of drug-likeness (QED) is 0.624. The first-order chi connectivity index (χ1) is 8.04. The molecule has 0 aromatic rings. The van der Waals surface area contributed by atoms with Gasteiger partial charge < -0.3 is 20.9 Å². The minimum absolute atomic E-state index is 0.0894. The summed E-state index contributed by atoms with van der Waals surface area (Å²) >= 11 is 0. The lowest BCUT2D eigenvalue weighted by Crippen LogP contribution is -2.55. The van der Waals surface area contributed by atoms with Crippen molar-refractivity contribution in [2.45, 2.75) is 50.8 Å². The van der Waals surface area contributed by atoms with Gasteiger partial charge in [-0.2, -0.15) is 0 Å². The van der Waals surface area contributed by atoms with Crippen LogP contribution in [0.3, 0.4) is 0 Å². The summed E-state index contributed by atoms with van der Waals surface area (Å²) in [5.74, 6) is -0.0894. The molecule has 0 aromatic heterocycles. The zero-order chi connectivity index (χ0) is 12.5. The van der Waals surface area contributed by atoms with Crippen molar-refractivity contribution in [2.24, 2.45) is 11.1 Å². The van der Waals surface area contributed by atoms with Gasteiger partial charge in [0.2, 0.25) is 5.91 Å². The molecule has 1 aliphatic heterocycles. The minimum Gasteiger partial charge on any atom is -0.391 e. The maximum atomic E-state index is 12.2. The van der Waals surface area contributed by atoms with E-state index in [9.17, 15) is 9.90 Å². The predicted octanol–water partition coefficient (Wildman–Crippen LogP) is -0.230. The van der Waals surface area contributed by atoms with E-state index in [1.54, 1.807) is 0 Å². The van der Waals surface area contributed by atoms with Crippen LogP contribution < -0.4 is 11.1 Å². The minimum atomic E-state index is -0.656. The van der Waals surface area contributed by atoms with Gasteiger partial charge in [-0.15, -0.1) is 0 Å². The Morgan fingerprint density at radius 1 is 1.47 bits per heavy atom. The van der Waals surface area contributed by atoms with Gasteiger partial charge >= 0.3 is 0 Å². The summed E-state index contributed by atoms with van der Waals surface area (Å²) in [5, 5.41) is 12.8. The molecule has 0 spiro atoms. The maximum absolute atomic E-state index is 12.2. The molecule has 2 unspecified atom stereocenters. The molecule has 1 aliphatic carbocycles. The fourth-order valence-electron chi connectivity index (χ4n) is 2.54. The fourth-order valence-corrected chi connectivity index (χ4v) is 2.54. The van der Waals surface area contributed by atoms with Crippen molar-refractivity contribution in [3.63, 3.8) is 0 Å². The summed E-state index contributed by atoms with van der Waals surface area (Å²) in [4.78, 5) is 12.2. The second-order valence-corrected chi connectivity index (χ2v) is 5.47. The zero-order valence-corrected chi connectivity index (χ0v) is 10.3. The average Bonchev–Trinajstić information content (AvgIpc) is 2.64. The van der Waals surface area contributed by atoms with Gasteiger partial charge in [0.15, 0.2) is 0 Å². The van der Waals surface area contributed by atoms with E-state index in [2.05, 4.69) is 5.32 Å². The van der Waals surface area contributed by atoms with Crippen molar-refractivity contribution >= 4 is 5.91 Å². The van der Waals surface area contributed by atoms with E-state index in [0.29, 0.717) is 13.2 Å². The van der Waals surface area contributed by atoms with E-state index in [1.807, 2.05) is 6.92 Å². The number of hydrogen-bond acceptors (Lipinski definition) is 4. The van der Waals surface area contributed by atoms with E-state index in [-0.39, 0.29) is 18.0 Å². The molecule has 2 fully saturated rings. The van der Waals surface area contributed by atoms with Crippen LogP contribution >= 0.6 is 0 Å². The topological polar surface area (TPSA) is 84.6 Å². The molecular weight excluding hydrogens is 220 g/mol. The molecule has 1 saturated heterocycles. The molecule has 5 nitrogen and oxygen atoms in total. The highest BCUT2D eigenvalue weighted by molar-refractivity contribution is 5.84. The van der Waals surface area contributed by atoms with Gasteiger partial charge in [0, 0.05) is 6.04 Å². The van der Waals surface area contributed by atoms with Gasteiger partial charge in [0.25, 0.3) is 0 Å². The third kappa shape index (κ3) is 2.46. The largest absolute Gasteiger partial charge is 0.391 e. The molecule has 0 aromatic carbocycles. The molecule has 17 heavy (non-hydrogen) atoms. The van der Waals surface area contributed by atoms with Gasteiger partial charge in [0.1, 0.15) is 0 Å². The van der Waals surface area contributed by atoms with Crippen molar-refractivity contribution in [3.05, 3.63) is 0 Å². The third-order valence-corrected chi connectivity index (χ3v) is 4.08. The highest BCUT2D eigenvalue weighted by Crippen LogP contribution is 2.28. The van der Waals surface area contributed by atoms with Crippen LogP contribution in [0.25, 0.3) is 0 Å². The summed E-state index contributed by atoms with van der Waals surface area (Å²) in [7, 11) is 0. The average molecular weight is 242 g/mol. The van der Waals surface area contributed by atoms with Gasteiger partial charge in [-0.05, 0) is 19.8 Å². The van der Waals surface area contributed by atoms with Crippen LogP contribution in [0.2, 0.25) is 0 Å². The van der Waals surface area contributed by atoms with Crippen molar-refractivity contribution in [2.75, 3.05) is 13.2 Å². The maximum Gasteiger partial charge on any atom is 0.230 e. The first kappa shape index (κ1) is 12.8. The molecule has 4 atom stereocenters. The highest BCUT2D eigenvalue weighted by Gasteiger charge is 2.45. The number of hydrogen-bond donors (Lipinski definition) is 3. The van der Waals surface area contributed by atoms with E-state index in [1.165, 1.54) is 0 Å². The number of ether oxygens (including phenoxy) is 1. The smallest absolute Gasteiger partial charge is 0.230 e. The number of carbonyl (C=O) groups is 1. The highest BCUT2D eigenvalue weighted by atomic mass is 16.5. The number of amides is 1. The molecule has 2 rings (SSSR count). The normalized spacial score (nSPS) is 42.4. The Labute approximate surface area is 102 Å². The van der Waals surface area contributed by atoms with Crippen LogP contribution in [-0.2, 0) is 9.53 Å². The summed E-state index contributed by atoms with van der Waals surface area (Å²) in [6.07, 6.45) is 3.28.